The van der Waals surface area contributed by atoms with Crippen molar-refractivity contribution in [2.45, 2.75) is 6.18 Å². The number of aromatic amines is 1. The average molecular weight is 339 g/mol. The molecule has 0 bridgehead atoms. The molecule has 118 valence electrons. The summed E-state index contributed by atoms with van der Waals surface area (Å²) in [6.07, 6.45) is -3.43. The topological polar surface area (TPSA) is 48.4 Å². The molecule has 0 spiro atoms. The predicted octanol–water partition coefficient (Wildman–Crippen LogP) is 5.30. The second kappa shape index (κ2) is 5.62. The van der Waals surface area contributed by atoms with Crippen molar-refractivity contribution in [1.82, 2.24) is 4.98 Å². The fourth-order valence-corrected chi connectivity index (χ4v) is 2.59. The normalized spacial score (nSPS) is 12.3. The van der Waals surface area contributed by atoms with Crippen molar-refractivity contribution in [2.24, 2.45) is 4.99 Å². The predicted molar refractivity (Wildman–Crippen MR) is 83.7 cm³/mol. The highest BCUT2D eigenvalue weighted by Crippen LogP contribution is 2.41. The van der Waals surface area contributed by atoms with Gasteiger partial charge in [-0.3, -0.25) is 4.99 Å². The lowest BCUT2D eigenvalue weighted by Gasteiger charge is -2.11. The summed E-state index contributed by atoms with van der Waals surface area (Å²) in [6, 6.07) is 10.8. The summed E-state index contributed by atoms with van der Waals surface area (Å²) >= 11 is 5.65. The van der Waals surface area contributed by atoms with Crippen LogP contribution in [0.25, 0.3) is 10.9 Å². The molecule has 0 aliphatic rings. The van der Waals surface area contributed by atoms with Crippen molar-refractivity contribution >= 4 is 34.4 Å². The number of para-hydroxylation sites is 1. The number of aliphatic imine (C=N–C) groups is 1. The summed E-state index contributed by atoms with van der Waals surface area (Å²) in [5.41, 5.74) is -0.339. The molecule has 0 aliphatic heterocycles. The Balaban J connectivity index is 2.10. The molecule has 0 unspecified atom stereocenters. The molecule has 7 heteroatoms. The van der Waals surface area contributed by atoms with Gasteiger partial charge in [-0.15, -0.1) is 0 Å². The Morgan fingerprint density at radius 1 is 1.09 bits per heavy atom. The van der Waals surface area contributed by atoms with Crippen LogP contribution in [0.4, 0.5) is 18.9 Å². The number of aromatic hydroxyl groups is 1. The second-order valence-corrected chi connectivity index (χ2v) is 5.23. The number of hydrogen-bond acceptors (Lipinski definition) is 2. The van der Waals surface area contributed by atoms with E-state index in [2.05, 4.69) is 9.98 Å². The van der Waals surface area contributed by atoms with Gasteiger partial charge >= 0.3 is 6.18 Å². The number of nitrogens with zero attached hydrogens (tertiary/aromatic N) is 1. The maximum atomic E-state index is 13.1. The number of hydrogen-bond donors (Lipinski definition) is 2. The van der Waals surface area contributed by atoms with Gasteiger partial charge in [0.2, 0.25) is 0 Å². The zero-order valence-electron chi connectivity index (χ0n) is 11.5. The van der Waals surface area contributed by atoms with Crippen LogP contribution in [0.5, 0.6) is 5.88 Å². The van der Waals surface area contributed by atoms with Crippen molar-refractivity contribution < 1.29 is 18.3 Å². The molecule has 0 atom stereocenters. The Bertz CT molecular complexity index is 900. The van der Waals surface area contributed by atoms with Crippen molar-refractivity contribution in [3.63, 3.8) is 0 Å². The fourth-order valence-electron chi connectivity index (χ4n) is 2.32. The fraction of sp³-hybridized carbons (Fsp3) is 0.0625. The van der Waals surface area contributed by atoms with Gasteiger partial charge in [0, 0.05) is 17.1 Å². The van der Waals surface area contributed by atoms with E-state index in [1.165, 1.54) is 18.3 Å². The smallest absolute Gasteiger partial charge is 0.419 e. The number of nitrogens with one attached hydrogen (secondary N) is 1. The lowest BCUT2D eigenvalue weighted by Crippen LogP contribution is -2.06. The maximum absolute atomic E-state index is 13.1. The monoisotopic (exact) mass is 338 g/mol. The summed E-state index contributed by atoms with van der Waals surface area (Å²) in [6.45, 7) is 0. The van der Waals surface area contributed by atoms with Gasteiger partial charge < -0.3 is 10.1 Å². The van der Waals surface area contributed by atoms with E-state index in [1.54, 1.807) is 24.3 Å². The number of fused-ring (bicyclic) bond motifs is 1. The van der Waals surface area contributed by atoms with Crippen LogP contribution >= 0.6 is 11.6 Å². The van der Waals surface area contributed by atoms with E-state index in [-0.39, 0.29) is 11.6 Å². The molecule has 2 N–H and O–H groups in total. The highest BCUT2D eigenvalue weighted by Gasteiger charge is 2.36. The first-order valence-corrected chi connectivity index (χ1v) is 6.95. The van der Waals surface area contributed by atoms with Crippen LogP contribution in [0, 0.1) is 0 Å². The quantitative estimate of drug-likeness (QED) is 0.612. The van der Waals surface area contributed by atoms with Crippen LogP contribution < -0.4 is 0 Å². The first-order valence-electron chi connectivity index (χ1n) is 6.57. The molecule has 3 aromatic rings. The zero-order valence-corrected chi connectivity index (χ0v) is 12.3. The number of benzene rings is 2. The van der Waals surface area contributed by atoms with E-state index >= 15 is 0 Å². The number of alkyl halides is 3. The highest BCUT2D eigenvalue weighted by atomic mass is 35.5. The highest BCUT2D eigenvalue weighted by molar-refractivity contribution is 6.31. The minimum Gasteiger partial charge on any atom is -0.494 e. The Morgan fingerprint density at radius 3 is 2.57 bits per heavy atom. The van der Waals surface area contributed by atoms with Gasteiger partial charge in [0.05, 0.1) is 21.8 Å². The SMILES string of the molecule is Oc1[nH]c2ccccc2c1C=Nc1cccc(Cl)c1C(F)(F)F. The summed E-state index contributed by atoms with van der Waals surface area (Å²) in [4.78, 5) is 6.61. The van der Waals surface area contributed by atoms with Gasteiger partial charge in [-0.1, -0.05) is 35.9 Å². The van der Waals surface area contributed by atoms with Gasteiger partial charge in [-0.05, 0) is 18.2 Å². The van der Waals surface area contributed by atoms with Crippen LogP contribution in [-0.4, -0.2) is 16.3 Å². The lowest BCUT2D eigenvalue weighted by molar-refractivity contribution is -0.136. The average Bonchev–Trinajstić information content (AvgIpc) is 2.79. The minimum absolute atomic E-state index is 0.162. The number of H-pyrrole nitrogens is 1. The first-order chi connectivity index (χ1) is 10.9. The standard InChI is InChI=1S/C16H10ClF3N2O/c17-11-5-3-7-13(14(11)16(18,19)20)21-8-10-9-4-1-2-6-12(9)22-15(10)23/h1-8,22-23H. The molecule has 0 fully saturated rings. The van der Waals surface area contributed by atoms with E-state index in [0.717, 1.165) is 6.07 Å². The van der Waals surface area contributed by atoms with Crippen LogP contribution in [-0.2, 0) is 6.18 Å². The molecule has 3 nitrogen and oxygen atoms in total. The molecular formula is C16H10ClF3N2O. The maximum Gasteiger partial charge on any atom is 0.419 e. The van der Waals surface area contributed by atoms with Crippen molar-refractivity contribution in [3.05, 3.63) is 58.6 Å². The third-order valence-electron chi connectivity index (χ3n) is 3.33. The van der Waals surface area contributed by atoms with E-state index in [0.29, 0.717) is 16.5 Å². The van der Waals surface area contributed by atoms with Crippen molar-refractivity contribution in [1.29, 1.82) is 0 Å². The van der Waals surface area contributed by atoms with Gasteiger partial charge in [-0.25, -0.2) is 0 Å². The summed E-state index contributed by atoms with van der Waals surface area (Å²) in [5, 5.41) is 10.1. The van der Waals surface area contributed by atoms with Crippen LogP contribution in [0.15, 0.2) is 47.5 Å². The Labute approximate surface area is 134 Å². The summed E-state index contributed by atoms with van der Waals surface area (Å²) < 4.78 is 39.3. The summed E-state index contributed by atoms with van der Waals surface area (Å²) in [5.74, 6) is -0.162. The Hall–Kier alpha value is -2.47. The molecule has 3 rings (SSSR count). The minimum atomic E-state index is -4.62. The van der Waals surface area contributed by atoms with Crippen molar-refractivity contribution in [3.8, 4) is 5.88 Å². The number of aromatic nitrogens is 1. The number of halogens is 4. The first kappa shape index (κ1) is 15.4. The summed E-state index contributed by atoms with van der Waals surface area (Å²) in [7, 11) is 0. The van der Waals surface area contributed by atoms with E-state index in [9.17, 15) is 18.3 Å². The van der Waals surface area contributed by atoms with Crippen LogP contribution in [0.2, 0.25) is 5.02 Å². The van der Waals surface area contributed by atoms with Gasteiger partial charge in [0.1, 0.15) is 0 Å². The van der Waals surface area contributed by atoms with E-state index < -0.39 is 16.8 Å². The third-order valence-corrected chi connectivity index (χ3v) is 3.65. The van der Waals surface area contributed by atoms with Gasteiger partial charge in [0.15, 0.2) is 5.88 Å². The molecule has 0 aliphatic carbocycles. The van der Waals surface area contributed by atoms with Crippen LogP contribution in [0.1, 0.15) is 11.1 Å². The molecule has 1 aromatic heterocycles. The second-order valence-electron chi connectivity index (χ2n) is 4.82. The number of rotatable bonds is 2. The molecule has 23 heavy (non-hydrogen) atoms. The lowest BCUT2D eigenvalue weighted by atomic mass is 10.1. The van der Waals surface area contributed by atoms with Crippen LogP contribution in [0.3, 0.4) is 0 Å². The van der Waals surface area contributed by atoms with Crippen molar-refractivity contribution in [2.75, 3.05) is 0 Å². The molecule has 0 amide bonds. The van der Waals surface area contributed by atoms with E-state index in [1.807, 2.05) is 0 Å². The molecule has 1 heterocycles. The van der Waals surface area contributed by atoms with E-state index in [4.69, 9.17) is 11.6 Å². The molecule has 0 saturated heterocycles. The largest absolute Gasteiger partial charge is 0.494 e. The Kier molecular flexibility index (Phi) is 3.77. The Morgan fingerprint density at radius 2 is 1.83 bits per heavy atom. The van der Waals surface area contributed by atoms with Gasteiger partial charge in [-0.2, -0.15) is 13.2 Å². The molecule has 2 aromatic carbocycles. The molecular weight excluding hydrogens is 329 g/mol. The third kappa shape index (κ3) is 2.90. The molecule has 0 saturated carbocycles. The molecule has 0 radical (unpaired) electrons. The van der Waals surface area contributed by atoms with Gasteiger partial charge in [0.25, 0.3) is 0 Å². The zero-order chi connectivity index (χ0) is 16.6.